The van der Waals surface area contributed by atoms with Crippen molar-refractivity contribution in [1.29, 1.82) is 0 Å². The van der Waals surface area contributed by atoms with Crippen molar-refractivity contribution in [2.45, 2.75) is 13.8 Å². The molecule has 1 aromatic heterocycles. The van der Waals surface area contributed by atoms with Crippen LogP contribution in [0, 0.1) is 0 Å². The largest absolute Gasteiger partial charge is 0.353 e. The molecule has 2 aromatic rings. The number of rotatable bonds is 4. The number of carbonyl (C=O) groups excluding carboxylic acids is 3. The van der Waals surface area contributed by atoms with Crippen LogP contribution in [0.2, 0.25) is 5.15 Å². The minimum Gasteiger partial charge on any atom is -0.353 e. The first-order chi connectivity index (χ1) is 13.8. The van der Waals surface area contributed by atoms with E-state index in [0.717, 1.165) is 5.82 Å². The smallest absolute Gasteiger partial charge is 0.254 e. The Balaban J connectivity index is 1.74. The fourth-order valence-electron chi connectivity index (χ4n) is 3.20. The Kier molecular flexibility index (Phi) is 6.33. The second kappa shape index (κ2) is 8.91. The number of carbonyl (C=O) groups is 3. The van der Waals surface area contributed by atoms with E-state index in [1.807, 2.05) is 12.1 Å². The third-order valence-corrected chi connectivity index (χ3v) is 4.62. The number of hydrogen-bond acceptors (Lipinski definition) is 5. The second-order valence-electron chi connectivity index (χ2n) is 6.76. The van der Waals surface area contributed by atoms with Crippen LogP contribution in [0.5, 0.6) is 0 Å². The molecule has 3 rings (SSSR count). The highest BCUT2D eigenvalue weighted by Gasteiger charge is 2.23. The summed E-state index contributed by atoms with van der Waals surface area (Å²) in [6, 6.07) is 10.3. The Hall–Kier alpha value is -3.13. The molecule has 2 heterocycles. The number of anilines is 3. The fourth-order valence-corrected chi connectivity index (χ4v) is 3.36. The molecular formula is C20H22ClN5O3. The molecule has 2 N–H and O–H groups in total. The van der Waals surface area contributed by atoms with Crippen molar-refractivity contribution < 1.29 is 14.4 Å². The lowest BCUT2D eigenvalue weighted by Gasteiger charge is -2.35. The van der Waals surface area contributed by atoms with Crippen LogP contribution in [0.3, 0.4) is 0 Å². The van der Waals surface area contributed by atoms with E-state index < -0.39 is 0 Å². The topological polar surface area (TPSA) is 94.6 Å². The van der Waals surface area contributed by atoms with Gasteiger partial charge in [-0.3, -0.25) is 14.4 Å². The predicted molar refractivity (Wildman–Crippen MR) is 112 cm³/mol. The molecular weight excluding hydrogens is 394 g/mol. The van der Waals surface area contributed by atoms with Crippen LogP contribution in [0.25, 0.3) is 0 Å². The molecule has 0 atom stereocenters. The monoisotopic (exact) mass is 415 g/mol. The Morgan fingerprint density at radius 2 is 1.52 bits per heavy atom. The minimum absolute atomic E-state index is 0.164. The molecule has 0 radical (unpaired) electrons. The zero-order chi connectivity index (χ0) is 21.0. The molecule has 9 heteroatoms. The first-order valence-corrected chi connectivity index (χ1v) is 9.56. The maximum atomic E-state index is 13.0. The number of halogens is 1. The number of pyridine rings is 1. The molecule has 0 unspecified atom stereocenters. The van der Waals surface area contributed by atoms with Gasteiger partial charge in [-0.2, -0.15) is 0 Å². The molecule has 8 nitrogen and oxygen atoms in total. The highest BCUT2D eigenvalue weighted by atomic mass is 35.5. The van der Waals surface area contributed by atoms with Gasteiger partial charge in [0.25, 0.3) is 5.91 Å². The van der Waals surface area contributed by atoms with E-state index in [0.29, 0.717) is 48.3 Å². The van der Waals surface area contributed by atoms with Crippen molar-refractivity contribution in [1.82, 2.24) is 9.88 Å². The van der Waals surface area contributed by atoms with Gasteiger partial charge < -0.3 is 20.4 Å². The number of benzene rings is 1. The van der Waals surface area contributed by atoms with Crippen LogP contribution in [-0.4, -0.2) is 53.8 Å². The van der Waals surface area contributed by atoms with Crippen molar-refractivity contribution >= 4 is 46.5 Å². The van der Waals surface area contributed by atoms with Crippen molar-refractivity contribution in [3.05, 3.63) is 47.1 Å². The van der Waals surface area contributed by atoms with Crippen LogP contribution in [-0.2, 0) is 9.59 Å². The van der Waals surface area contributed by atoms with Gasteiger partial charge in [0, 0.05) is 57.0 Å². The third kappa shape index (κ3) is 5.45. The minimum atomic E-state index is -0.258. The summed E-state index contributed by atoms with van der Waals surface area (Å²) in [7, 11) is 0. The summed E-state index contributed by atoms with van der Waals surface area (Å²) < 4.78 is 0. The Labute approximate surface area is 173 Å². The Morgan fingerprint density at radius 3 is 2.03 bits per heavy atom. The SMILES string of the molecule is CC(=O)Nc1cc(NC(C)=O)cc(C(=O)N2CCN(c3cccc(Cl)n3)CC2)c1. The second-order valence-corrected chi connectivity index (χ2v) is 7.15. The molecule has 0 spiro atoms. The van der Waals surface area contributed by atoms with Crippen LogP contribution < -0.4 is 15.5 Å². The summed E-state index contributed by atoms with van der Waals surface area (Å²) in [5, 5.41) is 5.75. The number of hydrogen-bond donors (Lipinski definition) is 2. The lowest BCUT2D eigenvalue weighted by atomic mass is 10.1. The lowest BCUT2D eigenvalue weighted by molar-refractivity contribution is -0.115. The van der Waals surface area contributed by atoms with Gasteiger partial charge in [0.05, 0.1) is 0 Å². The van der Waals surface area contributed by atoms with Gasteiger partial charge in [0.15, 0.2) is 0 Å². The van der Waals surface area contributed by atoms with Gasteiger partial charge in [-0.25, -0.2) is 4.98 Å². The first-order valence-electron chi connectivity index (χ1n) is 9.19. The lowest BCUT2D eigenvalue weighted by Crippen LogP contribution is -2.49. The third-order valence-electron chi connectivity index (χ3n) is 4.41. The number of nitrogens with zero attached hydrogens (tertiary/aromatic N) is 3. The summed E-state index contributed by atoms with van der Waals surface area (Å²) in [5.74, 6) is 0.102. The molecule has 1 fully saturated rings. The van der Waals surface area contributed by atoms with E-state index in [2.05, 4.69) is 20.5 Å². The maximum Gasteiger partial charge on any atom is 0.254 e. The molecule has 1 aliphatic heterocycles. The van der Waals surface area contributed by atoms with Gasteiger partial charge in [0.2, 0.25) is 11.8 Å². The van der Waals surface area contributed by atoms with E-state index in [4.69, 9.17) is 11.6 Å². The average Bonchev–Trinajstić information content (AvgIpc) is 2.66. The summed E-state index contributed by atoms with van der Waals surface area (Å²) in [4.78, 5) is 44.0. The number of amides is 3. The van der Waals surface area contributed by atoms with Gasteiger partial charge in [-0.05, 0) is 30.3 Å². The summed E-state index contributed by atoms with van der Waals surface area (Å²) in [6.45, 7) is 5.07. The van der Waals surface area contributed by atoms with E-state index in [1.54, 1.807) is 29.2 Å². The van der Waals surface area contributed by atoms with Crippen molar-refractivity contribution in [3.63, 3.8) is 0 Å². The van der Waals surface area contributed by atoms with Crippen LogP contribution in [0.1, 0.15) is 24.2 Å². The van der Waals surface area contributed by atoms with Gasteiger partial charge in [0.1, 0.15) is 11.0 Å². The van der Waals surface area contributed by atoms with Crippen molar-refractivity contribution in [3.8, 4) is 0 Å². The average molecular weight is 416 g/mol. The molecule has 1 saturated heterocycles. The van der Waals surface area contributed by atoms with Gasteiger partial charge in [-0.1, -0.05) is 17.7 Å². The van der Waals surface area contributed by atoms with E-state index in [9.17, 15) is 14.4 Å². The van der Waals surface area contributed by atoms with Gasteiger partial charge in [-0.15, -0.1) is 0 Å². The molecule has 152 valence electrons. The van der Waals surface area contributed by atoms with E-state index >= 15 is 0 Å². The molecule has 1 aliphatic rings. The first kappa shape index (κ1) is 20.6. The van der Waals surface area contributed by atoms with E-state index in [-0.39, 0.29) is 17.7 Å². The summed E-state index contributed by atoms with van der Waals surface area (Å²) in [6.07, 6.45) is 0. The normalized spacial score (nSPS) is 13.8. The molecule has 0 aliphatic carbocycles. The highest BCUT2D eigenvalue weighted by molar-refractivity contribution is 6.29. The molecule has 29 heavy (non-hydrogen) atoms. The molecule has 0 bridgehead atoms. The number of piperazine rings is 1. The number of nitrogens with one attached hydrogen (secondary N) is 2. The fraction of sp³-hybridized carbons (Fsp3) is 0.300. The Morgan fingerprint density at radius 1 is 0.931 bits per heavy atom. The van der Waals surface area contributed by atoms with Crippen LogP contribution in [0.15, 0.2) is 36.4 Å². The summed E-state index contributed by atoms with van der Waals surface area (Å²) >= 11 is 5.96. The number of aromatic nitrogens is 1. The van der Waals surface area contributed by atoms with Crippen molar-refractivity contribution in [2.24, 2.45) is 0 Å². The summed E-state index contributed by atoms with van der Waals surface area (Å²) in [5.41, 5.74) is 1.30. The molecule has 1 aromatic carbocycles. The predicted octanol–water partition coefficient (Wildman–Crippen LogP) is 2.61. The Bertz CT molecular complexity index is 907. The zero-order valence-electron chi connectivity index (χ0n) is 16.2. The highest BCUT2D eigenvalue weighted by Crippen LogP contribution is 2.22. The zero-order valence-corrected chi connectivity index (χ0v) is 17.0. The standard InChI is InChI=1S/C20H22ClN5O3/c1-13(27)22-16-10-15(11-17(12-16)23-14(2)28)20(29)26-8-6-25(7-9-26)19-5-3-4-18(21)24-19/h3-5,10-12H,6-9H2,1-2H3,(H,22,27)(H,23,28). The van der Waals surface area contributed by atoms with Crippen molar-refractivity contribution in [2.75, 3.05) is 41.7 Å². The van der Waals surface area contributed by atoms with Crippen LogP contribution in [0.4, 0.5) is 17.2 Å². The van der Waals surface area contributed by atoms with Gasteiger partial charge >= 0.3 is 0 Å². The maximum absolute atomic E-state index is 13.0. The molecule has 3 amide bonds. The van der Waals surface area contributed by atoms with E-state index in [1.165, 1.54) is 13.8 Å². The quantitative estimate of drug-likeness (QED) is 0.748. The van der Waals surface area contributed by atoms with Crippen LogP contribution >= 0.6 is 11.6 Å². The molecule has 0 saturated carbocycles.